The Bertz CT molecular complexity index is 939. The van der Waals surface area contributed by atoms with Crippen LogP contribution in [-0.4, -0.2) is 63.3 Å². The molecule has 0 saturated carbocycles. The third-order valence-electron chi connectivity index (χ3n) is 5.31. The monoisotopic (exact) mass is 381 g/mol. The van der Waals surface area contributed by atoms with Gasteiger partial charge >= 0.3 is 0 Å². The molecule has 0 bridgehead atoms. The van der Waals surface area contributed by atoms with Crippen molar-refractivity contribution >= 4 is 23.6 Å². The average molecular weight is 381 g/mol. The van der Waals surface area contributed by atoms with E-state index in [2.05, 4.69) is 10.2 Å². The molecule has 1 saturated heterocycles. The minimum absolute atomic E-state index is 0.143. The number of amides is 4. The van der Waals surface area contributed by atoms with Gasteiger partial charge in [-0.25, -0.2) is 0 Å². The zero-order chi connectivity index (χ0) is 19.8. The molecule has 9 heteroatoms. The molecule has 1 fully saturated rings. The minimum atomic E-state index is -0.587. The van der Waals surface area contributed by atoms with Crippen molar-refractivity contribution in [3.63, 3.8) is 0 Å². The summed E-state index contributed by atoms with van der Waals surface area (Å²) >= 11 is 0. The highest BCUT2D eigenvalue weighted by molar-refractivity contribution is 6.22. The second kappa shape index (κ2) is 6.91. The number of likely N-dealkylation sites (tertiary alicyclic amines) is 1. The van der Waals surface area contributed by atoms with Crippen LogP contribution in [0.1, 0.15) is 55.7 Å². The van der Waals surface area contributed by atoms with Gasteiger partial charge in [0.2, 0.25) is 5.91 Å². The molecule has 0 unspecified atom stereocenters. The molecular formula is C19H19N5O4. The summed E-state index contributed by atoms with van der Waals surface area (Å²) in [4.78, 5) is 51.3. The smallest absolute Gasteiger partial charge is 0.269 e. The second-order valence-corrected chi connectivity index (χ2v) is 6.97. The number of imide groups is 1. The number of aromatic nitrogens is 2. The summed E-state index contributed by atoms with van der Waals surface area (Å²) in [5, 5.41) is 6.72. The van der Waals surface area contributed by atoms with Gasteiger partial charge in [0.25, 0.3) is 17.7 Å². The Balaban J connectivity index is 1.36. The summed E-state index contributed by atoms with van der Waals surface area (Å²) in [6.07, 6.45) is 1.38. The van der Waals surface area contributed by atoms with E-state index >= 15 is 0 Å². The maximum absolute atomic E-state index is 12.6. The number of rotatable bonds is 4. The van der Waals surface area contributed by atoms with E-state index < -0.39 is 17.7 Å². The molecule has 0 aliphatic carbocycles. The highest BCUT2D eigenvalue weighted by Crippen LogP contribution is 2.28. The normalized spacial score (nSPS) is 17.1. The van der Waals surface area contributed by atoms with E-state index in [-0.39, 0.29) is 24.1 Å². The van der Waals surface area contributed by atoms with Crippen molar-refractivity contribution in [2.24, 2.45) is 5.73 Å². The number of H-pyrrole nitrogens is 1. The minimum Gasteiger partial charge on any atom is -0.364 e. The van der Waals surface area contributed by atoms with Crippen LogP contribution in [-0.2, 0) is 4.79 Å². The van der Waals surface area contributed by atoms with Crippen molar-refractivity contribution in [2.45, 2.75) is 18.8 Å². The molecule has 144 valence electrons. The Labute approximate surface area is 160 Å². The Morgan fingerprint density at radius 3 is 2.25 bits per heavy atom. The van der Waals surface area contributed by atoms with Gasteiger partial charge in [0.1, 0.15) is 12.2 Å². The van der Waals surface area contributed by atoms with Crippen LogP contribution in [0.5, 0.6) is 0 Å². The lowest BCUT2D eigenvalue weighted by Gasteiger charge is -2.32. The molecule has 4 amide bonds. The fourth-order valence-corrected chi connectivity index (χ4v) is 3.73. The van der Waals surface area contributed by atoms with Crippen LogP contribution in [0.3, 0.4) is 0 Å². The molecule has 1 aromatic heterocycles. The van der Waals surface area contributed by atoms with Crippen LogP contribution in [0, 0.1) is 0 Å². The zero-order valence-corrected chi connectivity index (χ0v) is 15.1. The van der Waals surface area contributed by atoms with E-state index in [1.54, 1.807) is 35.2 Å². The van der Waals surface area contributed by atoms with Gasteiger partial charge in [0.05, 0.1) is 11.1 Å². The van der Waals surface area contributed by atoms with Crippen LogP contribution in [0.15, 0.2) is 30.3 Å². The lowest BCUT2D eigenvalue weighted by atomic mass is 9.93. The van der Waals surface area contributed by atoms with Crippen LogP contribution in [0.4, 0.5) is 0 Å². The van der Waals surface area contributed by atoms with Gasteiger partial charge in [0, 0.05) is 24.7 Å². The SMILES string of the molecule is NC(=O)c1cc(C2CCN(C(=O)CN3C(=O)c4ccccc4C3=O)CC2)[nH]n1. The van der Waals surface area contributed by atoms with Crippen molar-refractivity contribution < 1.29 is 19.2 Å². The fraction of sp³-hybridized carbons (Fsp3) is 0.316. The highest BCUT2D eigenvalue weighted by Gasteiger charge is 2.37. The molecule has 0 atom stereocenters. The predicted molar refractivity (Wildman–Crippen MR) is 97.5 cm³/mol. The zero-order valence-electron chi connectivity index (χ0n) is 15.1. The molecule has 1 aromatic carbocycles. The molecule has 3 heterocycles. The Morgan fingerprint density at radius 1 is 1.11 bits per heavy atom. The number of hydrogen-bond donors (Lipinski definition) is 2. The quantitative estimate of drug-likeness (QED) is 0.746. The Morgan fingerprint density at radius 2 is 1.71 bits per heavy atom. The lowest BCUT2D eigenvalue weighted by Crippen LogP contribution is -2.45. The number of nitrogens with two attached hydrogens (primary N) is 1. The van der Waals surface area contributed by atoms with Gasteiger partial charge < -0.3 is 10.6 Å². The van der Waals surface area contributed by atoms with Crippen LogP contribution < -0.4 is 5.73 Å². The van der Waals surface area contributed by atoms with E-state index in [0.29, 0.717) is 37.1 Å². The summed E-state index contributed by atoms with van der Waals surface area (Å²) in [6, 6.07) is 8.22. The van der Waals surface area contributed by atoms with Gasteiger partial charge in [0.15, 0.2) is 0 Å². The molecule has 3 N–H and O–H groups in total. The largest absolute Gasteiger partial charge is 0.364 e. The first-order chi connectivity index (χ1) is 13.5. The van der Waals surface area contributed by atoms with E-state index in [1.165, 1.54) is 0 Å². The number of fused-ring (bicyclic) bond motifs is 1. The summed E-state index contributed by atoms with van der Waals surface area (Å²) in [7, 11) is 0. The maximum Gasteiger partial charge on any atom is 0.269 e. The van der Waals surface area contributed by atoms with Gasteiger partial charge in [-0.3, -0.25) is 29.2 Å². The molecule has 0 spiro atoms. The highest BCUT2D eigenvalue weighted by atomic mass is 16.2. The van der Waals surface area contributed by atoms with Crippen molar-refractivity contribution in [2.75, 3.05) is 19.6 Å². The summed E-state index contributed by atoms with van der Waals surface area (Å²) in [5.41, 5.74) is 6.90. The molecule has 0 radical (unpaired) electrons. The van der Waals surface area contributed by atoms with Gasteiger partial charge in [-0.05, 0) is 31.0 Å². The van der Waals surface area contributed by atoms with E-state index in [9.17, 15) is 19.2 Å². The third-order valence-corrected chi connectivity index (χ3v) is 5.31. The van der Waals surface area contributed by atoms with Crippen LogP contribution in [0.25, 0.3) is 0 Å². The predicted octanol–water partition coefficient (Wildman–Crippen LogP) is 0.511. The standard InChI is InChI=1S/C19H19N5O4/c20-17(26)15-9-14(21-22-15)11-5-7-23(8-6-11)16(25)10-24-18(27)12-3-1-2-4-13(12)19(24)28/h1-4,9,11H,5-8,10H2,(H2,20,26)(H,21,22). The number of aromatic amines is 1. The maximum atomic E-state index is 12.6. The molecule has 2 aromatic rings. The third kappa shape index (κ3) is 3.04. The number of carbonyl (C=O) groups excluding carboxylic acids is 4. The van der Waals surface area contributed by atoms with E-state index in [4.69, 9.17) is 5.73 Å². The second-order valence-electron chi connectivity index (χ2n) is 6.97. The number of piperidine rings is 1. The first kappa shape index (κ1) is 17.9. The molecule has 28 heavy (non-hydrogen) atoms. The summed E-state index contributed by atoms with van der Waals surface area (Å²) in [6.45, 7) is 0.738. The Kier molecular flexibility index (Phi) is 4.42. The summed E-state index contributed by atoms with van der Waals surface area (Å²) < 4.78 is 0. The number of carbonyl (C=O) groups is 4. The Hall–Kier alpha value is -3.49. The van der Waals surface area contributed by atoms with Crippen LogP contribution in [0.2, 0.25) is 0 Å². The van der Waals surface area contributed by atoms with E-state index in [0.717, 1.165) is 10.6 Å². The molecule has 4 rings (SSSR count). The number of primary amides is 1. The number of benzene rings is 1. The number of nitrogens with zero attached hydrogens (tertiary/aromatic N) is 3. The number of nitrogens with one attached hydrogen (secondary N) is 1. The van der Waals surface area contributed by atoms with Gasteiger partial charge in [-0.1, -0.05) is 12.1 Å². The molecular weight excluding hydrogens is 362 g/mol. The molecule has 9 nitrogen and oxygen atoms in total. The van der Waals surface area contributed by atoms with Crippen molar-refractivity contribution in [1.29, 1.82) is 0 Å². The van der Waals surface area contributed by atoms with E-state index in [1.807, 2.05) is 0 Å². The molecule has 2 aliphatic heterocycles. The fourth-order valence-electron chi connectivity index (χ4n) is 3.73. The first-order valence-electron chi connectivity index (χ1n) is 9.04. The van der Waals surface area contributed by atoms with Crippen molar-refractivity contribution in [3.05, 3.63) is 52.8 Å². The molecule has 2 aliphatic rings. The van der Waals surface area contributed by atoms with Crippen LogP contribution >= 0.6 is 0 Å². The topological polar surface area (TPSA) is 129 Å². The van der Waals surface area contributed by atoms with Gasteiger partial charge in [-0.2, -0.15) is 5.10 Å². The van der Waals surface area contributed by atoms with Crippen molar-refractivity contribution in [1.82, 2.24) is 20.0 Å². The average Bonchev–Trinajstić information content (AvgIpc) is 3.29. The first-order valence-corrected chi connectivity index (χ1v) is 9.04. The van der Waals surface area contributed by atoms with Crippen molar-refractivity contribution in [3.8, 4) is 0 Å². The van der Waals surface area contributed by atoms with Gasteiger partial charge in [-0.15, -0.1) is 0 Å². The summed E-state index contributed by atoms with van der Waals surface area (Å²) in [5.74, 6) is -1.56. The lowest BCUT2D eigenvalue weighted by molar-refractivity contribution is -0.132. The number of hydrogen-bond acceptors (Lipinski definition) is 5.